The molecule has 1 aromatic carbocycles. The molecule has 2 heterocycles. The van der Waals surface area contributed by atoms with E-state index in [1.165, 1.54) is 17.6 Å². The van der Waals surface area contributed by atoms with Crippen LogP contribution in [0.5, 0.6) is 0 Å². The van der Waals surface area contributed by atoms with Crippen molar-refractivity contribution in [2.75, 3.05) is 0 Å². The lowest BCUT2D eigenvalue weighted by molar-refractivity contribution is -0.130. The molecule has 5 nitrogen and oxygen atoms in total. The van der Waals surface area contributed by atoms with Crippen molar-refractivity contribution in [2.24, 2.45) is 5.10 Å². The van der Waals surface area contributed by atoms with Crippen LogP contribution < -0.4 is 5.32 Å². The average molecular weight is 327 g/mol. The van der Waals surface area contributed by atoms with Gasteiger partial charge in [0.15, 0.2) is 0 Å². The number of amides is 3. The van der Waals surface area contributed by atoms with Crippen LogP contribution in [0.3, 0.4) is 0 Å². The van der Waals surface area contributed by atoms with Crippen LogP contribution >= 0.6 is 11.3 Å². The zero-order valence-electron chi connectivity index (χ0n) is 12.7. The number of carbonyl (C=O) groups is 2. The van der Waals surface area contributed by atoms with Crippen molar-refractivity contribution >= 4 is 29.5 Å². The highest BCUT2D eigenvalue weighted by molar-refractivity contribution is 7.08. The lowest BCUT2D eigenvalue weighted by Gasteiger charge is -2.20. The molecule has 1 aliphatic rings. The zero-order chi connectivity index (χ0) is 16.3. The Hall–Kier alpha value is -2.47. The van der Waals surface area contributed by atoms with Crippen LogP contribution in [-0.4, -0.2) is 28.7 Å². The van der Waals surface area contributed by atoms with Gasteiger partial charge < -0.3 is 5.32 Å². The molecule has 1 aromatic heterocycles. The molecule has 6 heteroatoms. The van der Waals surface area contributed by atoms with Crippen LogP contribution in [0.15, 0.2) is 52.3 Å². The molecule has 2 aromatic rings. The van der Waals surface area contributed by atoms with E-state index in [0.717, 1.165) is 16.1 Å². The minimum Gasteiger partial charge on any atom is -0.322 e. The molecule has 1 saturated heterocycles. The van der Waals surface area contributed by atoms with Gasteiger partial charge in [-0.05, 0) is 42.2 Å². The first-order valence-electron chi connectivity index (χ1n) is 7.35. The van der Waals surface area contributed by atoms with Gasteiger partial charge in [-0.2, -0.15) is 16.4 Å². The minimum absolute atomic E-state index is 0.315. The van der Waals surface area contributed by atoms with Crippen molar-refractivity contribution in [1.82, 2.24) is 10.3 Å². The number of imide groups is 1. The molecule has 1 fully saturated rings. The summed E-state index contributed by atoms with van der Waals surface area (Å²) in [6.45, 7) is 1.75. The first-order chi connectivity index (χ1) is 11.1. The van der Waals surface area contributed by atoms with Gasteiger partial charge in [0.05, 0.1) is 6.21 Å². The van der Waals surface area contributed by atoms with E-state index in [0.29, 0.717) is 12.8 Å². The molecule has 3 amide bonds. The monoisotopic (exact) mass is 327 g/mol. The van der Waals surface area contributed by atoms with E-state index >= 15 is 0 Å². The zero-order valence-corrected chi connectivity index (χ0v) is 13.5. The predicted octanol–water partition coefficient (Wildman–Crippen LogP) is 3.03. The largest absolute Gasteiger partial charge is 0.346 e. The van der Waals surface area contributed by atoms with Crippen LogP contribution in [-0.2, 0) is 11.2 Å². The summed E-state index contributed by atoms with van der Waals surface area (Å²) in [6, 6.07) is 11.3. The topological polar surface area (TPSA) is 61.8 Å². The molecule has 0 radical (unpaired) electrons. The Kier molecular flexibility index (Phi) is 4.25. The summed E-state index contributed by atoms with van der Waals surface area (Å²) in [6.07, 6.45) is 2.77. The van der Waals surface area contributed by atoms with Crippen molar-refractivity contribution in [1.29, 1.82) is 0 Å². The Morgan fingerprint density at radius 2 is 2.04 bits per heavy atom. The van der Waals surface area contributed by atoms with Crippen LogP contribution in [0.4, 0.5) is 4.79 Å². The Morgan fingerprint density at radius 3 is 2.74 bits per heavy atom. The number of rotatable bonds is 5. The SMILES string of the molecule is C[C@@]1(CCc2ccccc2)NC(=O)N(/N=C\c2ccsc2)C1=O. The smallest absolute Gasteiger partial charge is 0.322 e. The predicted molar refractivity (Wildman–Crippen MR) is 90.5 cm³/mol. The highest BCUT2D eigenvalue weighted by Crippen LogP contribution is 2.23. The van der Waals surface area contributed by atoms with E-state index in [-0.39, 0.29) is 5.91 Å². The molecular formula is C17H17N3O2S. The number of aryl methyl sites for hydroxylation is 1. The number of benzene rings is 1. The van der Waals surface area contributed by atoms with Gasteiger partial charge in [-0.1, -0.05) is 30.3 Å². The number of nitrogens with one attached hydrogen (secondary N) is 1. The number of nitrogens with zero attached hydrogens (tertiary/aromatic N) is 2. The number of urea groups is 1. The number of carbonyl (C=O) groups excluding carboxylic acids is 2. The van der Waals surface area contributed by atoms with Gasteiger partial charge in [0.2, 0.25) is 0 Å². The number of hydrogen-bond donors (Lipinski definition) is 1. The first kappa shape index (κ1) is 15.4. The summed E-state index contributed by atoms with van der Waals surface area (Å²) in [7, 11) is 0. The van der Waals surface area contributed by atoms with Crippen LogP contribution in [0.2, 0.25) is 0 Å². The number of hydrazone groups is 1. The van der Waals surface area contributed by atoms with E-state index in [1.807, 2.05) is 47.2 Å². The van der Waals surface area contributed by atoms with Gasteiger partial charge in [-0.3, -0.25) is 4.79 Å². The first-order valence-corrected chi connectivity index (χ1v) is 8.30. The average Bonchev–Trinajstić information content (AvgIpc) is 3.13. The standard InChI is InChI=1S/C17H17N3O2S/c1-17(9-7-13-5-3-2-4-6-13)15(21)20(16(22)19-17)18-11-14-8-10-23-12-14/h2-6,8,10-12H,7,9H2,1H3,(H,19,22)/b18-11-/t17-/m0/s1. The third-order valence-electron chi connectivity index (χ3n) is 3.86. The fraction of sp³-hybridized carbons (Fsp3) is 0.235. The lowest BCUT2D eigenvalue weighted by Crippen LogP contribution is -2.44. The second kappa shape index (κ2) is 6.34. The van der Waals surface area contributed by atoms with E-state index in [9.17, 15) is 9.59 Å². The third kappa shape index (κ3) is 3.32. The molecule has 23 heavy (non-hydrogen) atoms. The molecule has 0 bridgehead atoms. The molecule has 0 aliphatic carbocycles. The van der Waals surface area contributed by atoms with Gasteiger partial charge in [0.1, 0.15) is 5.54 Å². The van der Waals surface area contributed by atoms with Crippen LogP contribution in [0, 0.1) is 0 Å². The number of hydrogen-bond acceptors (Lipinski definition) is 4. The van der Waals surface area contributed by atoms with E-state index in [4.69, 9.17) is 0 Å². The van der Waals surface area contributed by atoms with Crippen molar-refractivity contribution in [3.8, 4) is 0 Å². The Bertz CT molecular complexity index is 728. The summed E-state index contributed by atoms with van der Waals surface area (Å²) >= 11 is 1.53. The van der Waals surface area contributed by atoms with Crippen LogP contribution in [0.1, 0.15) is 24.5 Å². The van der Waals surface area contributed by atoms with Crippen molar-refractivity contribution < 1.29 is 9.59 Å². The maximum absolute atomic E-state index is 12.5. The minimum atomic E-state index is -0.918. The van der Waals surface area contributed by atoms with Gasteiger partial charge in [0.25, 0.3) is 5.91 Å². The van der Waals surface area contributed by atoms with Crippen molar-refractivity contribution in [3.63, 3.8) is 0 Å². The van der Waals surface area contributed by atoms with Gasteiger partial charge in [-0.15, -0.1) is 5.01 Å². The summed E-state index contributed by atoms with van der Waals surface area (Å²) in [4.78, 5) is 24.6. The van der Waals surface area contributed by atoms with Gasteiger partial charge in [-0.25, -0.2) is 4.79 Å². The third-order valence-corrected chi connectivity index (χ3v) is 4.56. The van der Waals surface area contributed by atoms with E-state index in [2.05, 4.69) is 10.4 Å². The Balaban J connectivity index is 1.69. The van der Waals surface area contributed by atoms with Gasteiger partial charge >= 0.3 is 6.03 Å². The van der Waals surface area contributed by atoms with Gasteiger partial charge in [0, 0.05) is 5.56 Å². The van der Waals surface area contributed by atoms with E-state index < -0.39 is 11.6 Å². The number of thiophene rings is 1. The Labute approximate surface area is 138 Å². The van der Waals surface area contributed by atoms with Crippen molar-refractivity contribution in [3.05, 3.63) is 58.3 Å². The van der Waals surface area contributed by atoms with E-state index in [1.54, 1.807) is 6.92 Å². The van der Waals surface area contributed by atoms with Crippen LogP contribution in [0.25, 0.3) is 0 Å². The highest BCUT2D eigenvalue weighted by atomic mass is 32.1. The summed E-state index contributed by atoms with van der Waals surface area (Å²) in [5.41, 5.74) is 1.09. The summed E-state index contributed by atoms with van der Waals surface area (Å²) < 4.78 is 0. The molecule has 0 saturated carbocycles. The highest BCUT2D eigenvalue weighted by Gasteiger charge is 2.47. The normalized spacial score (nSPS) is 21.2. The molecule has 3 rings (SSSR count). The molecule has 1 atom stereocenters. The molecule has 0 unspecified atom stereocenters. The molecule has 1 N–H and O–H groups in total. The molecule has 118 valence electrons. The quantitative estimate of drug-likeness (QED) is 0.678. The maximum Gasteiger partial charge on any atom is 0.346 e. The van der Waals surface area contributed by atoms with Crippen molar-refractivity contribution in [2.45, 2.75) is 25.3 Å². The summed E-state index contributed by atoms with van der Waals surface area (Å²) in [5.74, 6) is -0.315. The second-order valence-electron chi connectivity index (χ2n) is 5.67. The molecular weight excluding hydrogens is 310 g/mol. The molecule has 0 spiro atoms. The fourth-order valence-corrected chi connectivity index (χ4v) is 3.07. The summed E-state index contributed by atoms with van der Waals surface area (Å²) in [5, 5.41) is 11.5. The fourth-order valence-electron chi connectivity index (χ4n) is 2.45. The maximum atomic E-state index is 12.5. The second-order valence-corrected chi connectivity index (χ2v) is 6.45. The molecule has 1 aliphatic heterocycles. The Morgan fingerprint density at radius 1 is 1.26 bits per heavy atom. The lowest BCUT2D eigenvalue weighted by atomic mass is 9.93.